The Kier molecular flexibility index (Phi) is 9.22. The minimum atomic E-state index is -0.485. The highest BCUT2D eigenvalue weighted by Crippen LogP contribution is 1.94. The quantitative estimate of drug-likeness (QED) is 0.553. The van der Waals surface area contributed by atoms with Crippen LogP contribution in [0.1, 0.15) is 20.8 Å². The predicted octanol–water partition coefficient (Wildman–Crippen LogP) is -0.404. The van der Waals surface area contributed by atoms with Crippen molar-refractivity contribution in [2.75, 3.05) is 39.9 Å². The summed E-state index contributed by atoms with van der Waals surface area (Å²) < 4.78 is 4.85. The first-order chi connectivity index (χ1) is 8.56. The zero-order valence-corrected chi connectivity index (χ0v) is 11.8. The van der Waals surface area contributed by atoms with E-state index in [-0.39, 0.29) is 18.4 Å². The Morgan fingerprint density at radius 1 is 1.28 bits per heavy atom. The van der Waals surface area contributed by atoms with Crippen molar-refractivity contribution >= 4 is 11.8 Å². The number of ether oxygens (including phenoxy) is 1. The van der Waals surface area contributed by atoms with Crippen LogP contribution in [0.4, 0.5) is 0 Å². The Labute approximate surface area is 109 Å². The molecule has 0 aromatic rings. The number of amides is 2. The van der Waals surface area contributed by atoms with E-state index in [0.717, 1.165) is 0 Å². The van der Waals surface area contributed by atoms with Gasteiger partial charge in [0.1, 0.15) is 6.04 Å². The summed E-state index contributed by atoms with van der Waals surface area (Å²) in [5.74, 6) is -0.232. The molecule has 6 nitrogen and oxygen atoms in total. The molecule has 106 valence electrons. The van der Waals surface area contributed by atoms with Gasteiger partial charge in [0.15, 0.2) is 0 Å². The van der Waals surface area contributed by atoms with E-state index in [0.29, 0.717) is 26.2 Å². The highest BCUT2D eigenvalue weighted by atomic mass is 16.5. The van der Waals surface area contributed by atoms with Crippen LogP contribution in [0.15, 0.2) is 0 Å². The van der Waals surface area contributed by atoms with Gasteiger partial charge in [0, 0.05) is 26.7 Å². The maximum Gasteiger partial charge on any atom is 0.244 e. The van der Waals surface area contributed by atoms with Gasteiger partial charge < -0.3 is 20.3 Å². The van der Waals surface area contributed by atoms with Crippen molar-refractivity contribution in [3.05, 3.63) is 0 Å². The number of nitrogens with zero attached hydrogens (tertiary/aromatic N) is 1. The fourth-order valence-electron chi connectivity index (χ4n) is 1.54. The Hall–Kier alpha value is -1.14. The third kappa shape index (κ3) is 6.56. The van der Waals surface area contributed by atoms with Crippen LogP contribution in [0.2, 0.25) is 0 Å². The molecule has 0 fully saturated rings. The molecule has 0 aromatic carbocycles. The standard InChI is InChI=1S/C12H25N3O3/c1-5-15(6-2)12(17)10(3)14-11(16)9-13-7-8-18-4/h10,13H,5-9H2,1-4H3,(H,14,16). The molecule has 0 radical (unpaired) electrons. The van der Waals surface area contributed by atoms with Crippen molar-refractivity contribution in [3.63, 3.8) is 0 Å². The molecule has 1 unspecified atom stereocenters. The van der Waals surface area contributed by atoms with Crippen LogP contribution >= 0.6 is 0 Å². The van der Waals surface area contributed by atoms with Gasteiger partial charge in [-0.05, 0) is 20.8 Å². The number of methoxy groups -OCH3 is 1. The minimum Gasteiger partial charge on any atom is -0.383 e. The molecule has 0 heterocycles. The van der Waals surface area contributed by atoms with Gasteiger partial charge in [-0.2, -0.15) is 0 Å². The highest BCUT2D eigenvalue weighted by molar-refractivity contribution is 5.88. The van der Waals surface area contributed by atoms with Gasteiger partial charge in [-0.15, -0.1) is 0 Å². The van der Waals surface area contributed by atoms with E-state index in [9.17, 15) is 9.59 Å². The van der Waals surface area contributed by atoms with E-state index in [1.807, 2.05) is 13.8 Å². The van der Waals surface area contributed by atoms with Gasteiger partial charge in [-0.25, -0.2) is 0 Å². The van der Waals surface area contributed by atoms with Crippen LogP contribution in [0.3, 0.4) is 0 Å². The molecule has 2 amide bonds. The largest absolute Gasteiger partial charge is 0.383 e. The van der Waals surface area contributed by atoms with Crippen molar-refractivity contribution in [2.45, 2.75) is 26.8 Å². The molecular weight excluding hydrogens is 234 g/mol. The normalized spacial score (nSPS) is 12.0. The van der Waals surface area contributed by atoms with Crippen molar-refractivity contribution in [2.24, 2.45) is 0 Å². The molecule has 0 saturated heterocycles. The fraction of sp³-hybridized carbons (Fsp3) is 0.833. The summed E-state index contributed by atoms with van der Waals surface area (Å²) in [6.07, 6.45) is 0. The average molecular weight is 259 g/mol. The fourth-order valence-corrected chi connectivity index (χ4v) is 1.54. The number of carbonyl (C=O) groups is 2. The SMILES string of the molecule is CCN(CC)C(=O)C(C)NC(=O)CNCCOC. The van der Waals surface area contributed by atoms with Gasteiger partial charge in [0.2, 0.25) is 11.8 Å². The number of likely N-dealkylation sites (N-methyl/N-ethyl adjacent to an activating group) is 1. The molecule has 2 N–H and O–H groups in total. The average Bonchev–Trinajstić information content (AvgIpc) is 2.36. The first-order valence-electron chi connectivity index (χ1n) is 6.34. The first-order valence-corrected chi connectivity index (χ1v) is 6.34. The van der Waals surface area contributed by atoms with Crippen LogP contribution in [0.25, 0.3) is 0 Å². The van der Waals surface area contributed by atoms with Crippen LogP contribution < -0.4 is 10.6 Å². The van der Waals surface area contributed by atoms with E-state index in [1.165, 1.54) is 0 Å². The van der Waals surface area contributed by atoms with Gasteiger partial charge in [0.25, 0.3) is 0 Å². The number of rotatable bonds is 9. The molecule has 0 saturated carbocycles. The molecule has 0 aliphatic carbocycles. The van der Waals surface area contributed by atoms with Crippen LogP contribution in [0.5, 0.6) is 0 Å². The van der Waals surface area contributed by atoms with Gasteiger partial charge >= 0.3 is 0 Å². The number of hydrogen-bond donors (Lipinski definition) is 2. The summed E-state index contributed by atoms with van der Waals surface area (Å²) in [6.45, 7) is 8.21. The zero-order valence-electron chi connectivity index (χ0n) is 11.8. The first kappa shape index (κ1) is 16.9. The lowest BCUT2D eigenvalue weighted by Gasteiger charge is -2.23. The highest BCUT2D eigenvalue weighted by Gasteiger charge is 2.19. The maximum absolute atomic E-state index is 11.9. The lowest BCUT2D eigenvalue weighted by atomic mass is 10.2. The molecule has 18 heavy (non-hydrogen) atoms. The summed E-state index contributed by atoms with van der Waals surface area (Å²) in [4.78, 5) is 25.1. The molecule has 0 rings (SSSR count). The van der Waals surface area contributed by atoms with Gasteiger partial charge in [-0.3, -0.25) is 9.59 Å². The molecule has 0 bridgehead atoms. The zero-order chi connectivity index (χ0) is 14.0. The van der Waals surface area contributed by atoms with E-state index in [4.69, 9.17) is 4.74 Å². The van der Waals surface area contributed by atoms with Crippen LogP contribution in [-0.4, -0.2) is 62.7 Å². The summed E-state index contributed by atoms with van der Waals surface area (Å²) >= 11 is 0. The van der Waals surface area contributed by atoms with Crippen molar-refractivity contribution < 1.29 is 14.3 Å². The summed E-state index contributed by atoms with van der Waals surface area (Å²) in [5.41, 5.74) is 0. The van der Waals surface area contributed by atoms with Crippen LogP contribution in [0, 0.1) is 0 Å². The number of nitrogens with one attached hydrogen (secondary N) is 2. The predicted molar refractivity (Wildman–Crippen MR) is 70.3 cm³/mol. The number of hydrogen-bond acceptors (Lipinski definition) is 4. The second kappa shape index (κ2) is 9.85. The lowest BCUT2D eigenvalue weighted by Crippen LogP contribution is -2.49. The Bertz CT molecular complexity index is 255. The Morgan fingerprint density at radius 2 is 1.89 bits per heavy atom. The number of carbonyl (C=O) groups excluding carboxylic acids is 2. The topological polar surface area (TPSA) is 70.7 Å². The Balaban J connectivity index is 3.95. The van der Waals surface area contributed by atoms with E-state index in [2.05, 4.69) is 10.6 Å². The Morgan fingerprint density at radius 3 is 2.39 bits per heavy atom. The van der Waals surface area contributed by atoms with Crippen molar-refractivity contribution in [1.29, 1.82) is 0 Å². The van der Waals surface area contributed by atoms with Gasteiger partial charge in [0.05, 0.1) is 13.2 Å². The summed E-state index contributed by atoms with van der Waals surface area (Å²) in [7, 11) is 1.60. The van der Waals surface area contributed by atoms with Crippen molar-refractivity contribution in [1.82, 2.24) is 15.5 Å². The molecule has 0 aliphatic heterocycles. The second-order valence-corrected chi connectivity index (χ2v) is 3.97. The van der Waals surface area contributed by atoms with E-state index >= 15 is 0 Å². The molecule has 0 spiro atoms. The van der Waals surface area contributed by atoms with E-state index < -0.39 is 6.04 Å². The van der Waals surface area contributed by atoms with Crippen molar-refractivity contribution in [3.8, 4) is 0 Å². The van der Waals surface area contributed by atoms with E-state index in [1.54, 1.807) is 18.9 Å². The maximum atomic E-state index is 11.9. The molecular formula is C12H25N3O3. The third-order valence-electron chi connectivity index (χ3n) is 2.59. The minimum absolute atomic E-state index is 0.0507. The molecule has 0 aliphatic rings. The van der Waals surface area contributed by atoms with Crippen LogP contribution in [-0.2, 0) is 14.3 Å². The lowest BCUT2D eigenvalue weighted by molar-refractivity contribution is -0.135. The van der Waals surface area contributed by atoms with Gasteiger partial charge in [-0.1, -0.05) is 0 Å². The smallest absolute Gasteiger partial charge is 0.244 e. The molecule has 1 atom stereocenters. The summed E-state index contributed by atoms with van der Waals surface area (Å²) in [5, 5.41) is 5.60. The molecule has 0 aromatic heterocycles. The monoisotopic (exact) mass is 259 g/mol. The molecule has 6 heteroatoms. The second-order valence-electron chi connectivity index (χ2n) is 3.97. The summed E-state index contributed by atoms with van der Waals surface area (Å²) in [6, 6.07) is -0.485. The third-order valence-corrected chi connectivity index (χ3v) is 2.59.